The van der Waals surface area contributed by atoms with E-state index in [1.807, 2.05) is 54.6 Å². The number of amides is 2. The molecule has 2 amide bonds. The van der Waals surface area contributed by atoms with E-state index in [0.29, 0.717) is 35.2 Å². The van der Waals surface area contributed by atoms with Gasteiger partial charge >= 0.3 is 0 Å². The van der Waals surface area contributed by atoms with Gasteiger partial charge in [0.1, 0.15) is 11.5 Å². The van der Waals surface area contributed by atoms with Gasteiger partial charge in [0.25, 0.3) is 11.8 Å². The monoisotopic (exact) mass is 470 g/mol. The number of carbonyl (C=O) groups is 2. The summed E-state index contributed by atoms with van der Waals surface area (Å²) in [6.07, 6.45) is 6.43. The number of carbonyl (C=O) groups excluding carboxylic acids is 2. The number of hydrogen-bond donors (Lipinski definition) is 1. The fraction of sp³-hybridized carbons (Fsp3) is 0.310. The van der Waals surface area contributed by atoms with Crippen LogP contribution in [0.15, 0.2) is 72.8 Å². The van der Waals surface area contributed by atoms with Gasteiger partial charge in [0.15, 0.2) is 6.61 Å². The highest BCUT2D eigenvalue weighted by Crippen LogP contribution is 2.34. The zero-order valence-electron chi connectivity index (χ0n) is 19.7. The average molecular weight is 471 g/mol. The minimum Gasteiger partial charge on any atom is -0.493 e. The van der Waals surface area contributed by atoms with Gasteiger partial charge in [0.05, 0.1) is 18.8 Å². The van der Waals surface area contributed by atoms with E-state index >= 15 is 0 Å². The molecule has 1 N–H and O–H groups in total. The van der Waals surface area contributed by atoms with Crippen LogP contribution in [0, 0.1) is 5.92 Å². The van der Waals surface area contributed by atoms with Crippen molar-refractivity contribution in [2.45, 2.75) is 38.6 Å². The average Bonchev–Trinajstić information content (AvgIpc) is 2.91. The SMILES string of the molecule is O=C(Nc1ccc(OCC2CCCCC2)cc1)c1ccc2c(c1)OCC(=O)N2Cc1ccccc1. The fourth-order valence-electron chi connectivity index (χ4n) is 4.69. The van der Waals surface area contributed by atoms with Gasteiger partial charge < -0.3 is 19.7 Å². The van der Waals surface area contributed by atoms with Crippen LogP contribution in [0.1, 0.15) is 48.0 Å². The summed E-state index contributed by atoms with van der Waals surface area (Å²) < 4.78 is 11.6. The van der Waals surface area contributed by atoms with Gasteiger partial charge in [0, 0.05) is 11.3 Å². The van der Waals surface area contributed by atoms with Gasteiger partial charge in [-0.2, -0.15) is 0 Å². The lowest BCUT2D eigenvalue weighted by Crippen LogP contribution is -2.38. The lowest BCUT2D eigenvalue weighted by atomic mass is 9.90. The van der Waals surface area contributed by atoms with Crippen LogP contribution in [0.2, 0.25) is 0 Å². The second-order valence-electron chi connectivity index (χ2n) is 9.23. The molecular formula is C29H30N2O4. The molecule has 1 heterocycles. The van der Waals surface area contributed by atoms with Crippen molar-refractivity contribution in [2.24, 2.45) is 5.92 Å². The molecule has 6 heteroatoms. The molecule has 1 saturated carbocycles. The smallest absolute Gasteiger partial charge is 0.265 e. The van der Waals surface area contributed by atoms with Crippen LogP contribution in [0.5, 0.6) is 11.5 Å². The molecule has 0 saturated heterocycles. The Morgan fingerprint density at radius 1 is 0.971 bits per heavy atom. The third-order valence-corrected chi connectivity index (χ3v) is 6.67. The molecule has 0 bridgehead atoms. The van der Waals surface area contributed by atoms with Gasteiger partial charge in [-0.1, -0.05) is 49.6 Å². The number of nitrogens with zero attached hydrogens (tertiary/aromatic N) is 1. The summed E-state index contributed by atoms with van der Waals surface area (Å²) in [4.78, 5) is 27.1. The summed E-state index contributed by atoms with van der Waals surface area (Å²) in [5.41, 5.74) is 2.86. The molecule has 0 spiro atoms. The van der Waals surface area contributed by atoms with Crippen LogP contribution in [0.4, 0.5) is 11.4 Å². The molecule has 0 aromatic heterocycles. The number of benzene rings is 3. The first-order valence-corrected chi connectivity index (χ1v) is 12.3. The van der Waals surface area contributed by atoms with E-state index in [1.165, 1.54) is 32.1 Å². The van der Waals surface area contributed by atoms with Crippen LogP contribution in [0.25, 0.3) is 0 Å². The lowest BCUT2D eigenvalue weighted by molar-refractivity contribution is -0.121. The van der Waals surface area contributed by atoms with Crippen LogP contribution in [-0.2, 0) is 11.3 Å². The zero-order valence-corrected chi connectivity index (χ0v) is 19.7. The van der Waals surface area contributed by atoms with E-state index < -0.39 is 0 Å². The highest BCUT2D eigenvalue weighted by molar-refractivity contribution is 6.06. The molecule has 1 aliphatic carbocycles. The maximum atomic E-state index is 12.9. The van der Waals surface area contributed by atoms with Crippen molar-refractivity contribution >= 4 is 23.2 Å². The molecule has 0 unspecified atom stereocenters. The summed E-state index contributed by atoms with van der Waals surface area (Å²) in [5, 5.41) is 2.93. The van der Waals surface area contributed by atoms with E-state index in [4.69, 9.17) is 9.47 Å². The third kappa shape index (κ3) is 5.65. The van der Waals surface area contributed by atoms with E-state index in [2.05, 4.69) is 5.32 Å². The Labute approximate surface area is 205 Å². The van der Waals surface area contributed by atoms with Gasteiger partial charge in [-0.25, -0.2) is 0 Å². The van der Waals surface area contributed by atoms with Crippen molar-refractivity contribution in [1.29, 1.82) is 0 Å². The Morgan fingerprint density at radius 3 is 2.51 bits per heavy atom. The highest BCUT2D eigenvalue weighted by Gasteiger charge is 2.26. The Kier molecular flexibility index (Phi) is 6.98. The number of hydrogen-bond acceptors (Lipinski definition) is 4. The summed E-state index contributed by atoms with van der Waals surface area (Å²) in [7, 11) is 0. The number of anilines is 2. The van der Waals surface area contributed by atoms with E-state index in [-0.39, 0.29) is 18.4 Å². The molecule has 35 heavy (non-hydrogen) atoms. The van der Waals surface area contributed by atoms with Gasteiger partial charge in [-0.3, -0.25) is 9.59 Å². The van der Waals surface area contributed by atoms with Crippen molar-refractivity contribution in [1.82, 2.24) is 0 Å². The van der Waals surface area contributed by atoms with Crippen LogP contribution in [-0.4, -0.2) is 25.0 Å². The standard InChI is InChI=1S/C29H30N2O4/c32-28-20-35-27-17-23(11-16-26(27)31(28)18-21-7-3-1-4-8-21)29(33)30-24-12-14-25(15-13-24)34-19-22-9-5-2-6-10-22/h1,3-4,7-8,11-17,22H,2,5-6,9-10,18-20H2,(H,30,33). The second kappa shape index (κ2) is 10.6. The highest BCUT2D eigenvalue weighted by atomic mass is 16.5. The van der Waals surface area contributed by atoms with Crippen LogP contribution < -0.4 is 19.7 Å². The Bertz CT molecular complexity index is 1170. The third-order valence-electron chi connectivity index (χ3n) is 6.67. The quantitative estimate of drug-likeness (QED) is 0.472. The van der Waals surface area contributed by atoms with E-state index in [1.54, 1.807) is 23.1 Å². The first-order chi connectivity index (χ1) is 17.2. The van der Waals surface area contributed by atoms with E-state index in [9.17, 15) is 9.59 Å². The molecule has 0 radical (unpaired) electrons. The summed E-state index contributed by atoms with van der Waals surface area (Å²) in [6, 6.07) is 22.5. The molecule has 1 aliphatic heterocycles. The molecule has 1 fully saturated rings. The first kappa shape index (κ1) is 23.0. The molecule has 5 rings (SSSR count). The number of rotatable bonds is 7. The first-order valence-electron chi connectivity index (χ1n) is 12.3. The molecule has 3 aromatic carbocycles. The van der Waals surface area contributed by atoms with Crippen LogP contribution >= 0.6 is 0 Å². The number of nitrogens with one attached hydrogen (secondary N) is 1. The largest absolute Gasteiger partial charge is 0.493 e. The Balaban J connectivity index is 1.22. The molecule has 3 aromatic rings. The molecule has 0 atom stereocenters. The zero-order chi connectivity index (χ0) is 24.0. The maximum absolute atomic E-state index is 12.9. The Hall–Kier alpha value is -3.80. The van der Waals surface area contributed by atoms with Crippen molar-refractivity contribution in [3.05, 3.63) is 83.9 Å². The molecule has 2 aliphatic rings. The molecule has 6 nitrogen and oxygen atoms in total. The summed E-state index contributed by atoms with van der Waals surface area (Å²) >= 11 is 0. The molecular weight excluding hydrogens is 440 g/mol. The number of fused-ring (bicyclic) bond motifs is 1. The summed E-state index contributed by atoms with van der Waals surface area (Å²) in [5.74, 6) is 1.65. The Morgan fingerprint density at radius 2 is 1.74 bits per heavy atom. The van der Waals surface area contributed by atoms with Gasteiger partial charge in [-0.15, -0.1) is 0 Å². The molecule has 180 valence electrons. The van der Waals surface area contributed by atoms with Crippen molar-refractivity contribution in [3.63, 3.8) is 0 Å². The lowest BCUT2D eigenvalue weighted by Gasteiger charge is -2.29. The normalized spacial score (nSPS) is 15.8. The van der Waals surface area contributed by atoms with Crippen molar-refractivity contribution < 1.29 is 19.1 Å². The fourth-order valence-corrected chi connectivity index (χ4v) is 4.69. The topological polar surface area (TPSA) is 67.9 Å². The summed E-state index contributed by atoms with van der Waals surface area (Å²) in [6.45, 7) is 1.16. The van der Waals surface area contributed by atoms with Gasteiger partial charge in [-0.05, 0) is 66.8 Å². The van der Waals surface area contributed by atoms with Crippen LogP contribution in [0.3, 0.4) is 0 Å². The van der Waals surface area contributed by atoms with Crippen molar-refractivity contribution in [3.8, 4) is 11.5 Å². The minimum absolute atomic E-state index is 0.0484. The van der Waals surface area contributed by atoms with Gasteiger partial charge in [0.2, 0.25) is 0 Å². The predicted octanol–water partition coefficient (Wildman–Crippen LogP) is 5.82. The van der Waals surface area contributed by atoms with E-state index in [0.717, 1.165) is 17.9 Å². The minimum atomic E-state index is -0.237. The van der Waals surface area contributed by atoms with Crippen molar-refractivity contribution in [2.75, 3.05) is 23.4 Å². The predicted molar refractivity (Wildman–Crippen MR) is 136 cm³/mol. The maximum Gasteiger partial charge on any atom is 0.265 e. The number of ether oxygens (including phenoxy) is 2. The second-order valence-corrected chi connectivity index (χ2v) is 9.23.